The molecule has 0 aliphatic heterocycles. The zero-order valence-electron chi connectivity index (χ0n) is 13.9. The molecule has 1 N–H and O–H groups in total. The van der Waals surface area contributed by atoms with Gasteiger partial charge in [0.15, 0.2) is 6.10 Å². The molecule has 0 bridgehead atoms. The number of hydrogen-bond donors (Lipinski definition) is 1. The second-order valence-electron chi connectivity index (χ2n) is 4.73. The summed E-state index contributed by atoms with van der Waals surface area (Å²) in [5.74, 6) is -1.16. The van der Waals surface area contributed by atoms with E-state index in [-0.39, 0.29) is 6.61 Å². The van der Waals surface area contributed by atoms with Gasteiger partial charge in [0.25, 0.3) is 5.91 Å². The molecule has 1 amide bonds. The minimum absolute atomic E-state index is 0.211. The standard InChI is InChI=1S/C17H21NO6/c1-4-23-15(19)9-10-16(20)24-12(2)17(21)18-11-13-5-7-14(22-3)8-6-13/h5-10,12H,4,11H2,1-3H3,(H,18,21)/b10-9+/t12-/m1/s1. The van der Waals surface area contributed by atoms with Crippen LogP contribution in [-0.2, 0) is 30.4 Å². The first kappa shape index (κ1) is 19.2. The average molecular weight is 335 g/mol. The lowest BCUT2D eigenvalue weighted by Gasteiger charge is -2.12. The highest BCUT2D eigenvalue weighted by Gasteiger charge is 2.16. The fourth-order valence-corrected chi connectivity index (χ4v) is 1.67. The molecule has 0 unspecified atom stereocenters. The lowest BCUT2D eigenvalue weighted by atomic mass is 10.2. The Bertz CT molecular complexity index is 594. The summed E-state index contributed by atoms with van der Waals surface area (Å²) in [4.78, 5) is 34.5. The van der Waals surface area contributed by atoms with E-state index < -0.39 is 23.9 Å². The van der Waals surface area contributed by atoms with Crippen molar-refractivity contribution in [2.75, 3.05) is 13.7 Å². The van der Waals surface area contributed by atoms with E-state index in [2.05, 4.69) is 10.1 Å². The van der Waals surface area contributed by atoms with Crippen molar-refractivity contribution in [2.24, 2.45) is 0 Å². The van der Waals surface area contributed by atoms with Crippen LogP contribution in [0.1, 0.15) is 19.4 Å². The van der Waals surface area contributed by atoms with Gasteiger partial charge in [-0.05, 0) is 31.5 Å². The van der Waals surface area contributed by atoms with Crippen LogP contribution in [0.15, 0.2) is 36.4 Å². The topological polar surface area (TPSA) is 90.9 Å². The normalized spacial score (nSPS) is 11.6. The van der Waals surface area contributed by atoms with Crippen LogP contribution in [0.5, 0.6) is 5.75 Å². The summed E-state index contributed by atoms with van der Waals surface area (Å²) in [6, 6.07) is 7.20. The highest BCUT2D eigenvalue weighted by atomic mass is 16.5. The summed E-state index contributed by atoms with van der Waals surface area (Å²) < 4.78 is 14.6. The molecule has 0 aromatic heterocycles. The molecule has 0 saturated heterocycles. The predicted molar refractivity (Wildman–Crippen MR) is 86.2 cm³/mol. The molecule has 0 fully saturated rings. The maximum Gasteiger partial charge on any atom is 0.331 e. The van der Waals surface area contributed by atoms with Gasteiger partial charge in [-0.15, -0.1) is 0 Å². The van der Waals surface area contributed by atoms with Crippen LogP contribution >= 0.6 is 0 Å². The van der Waals surface area contributed by atoms with Crippen LogP contribution in [0.2, 0.25) is 0 Å². The third kappa shape index (κ3) is 6.95. The van der Waals surface area contributed by atoms with Gasteiger partial charge in [0.2, 0.25) is 0 Å². The molecule has 1 atom stereocenters. The second-order valence-corrected chi connectivity index (χ2v) is 4.73. The van der Waals surface area contributed by atoms with E-state index in [0.29, 0.717) is 6.54 Å². The third-order valence-corrected chi connectivity index (χ3v) is 2.93. The molecule has 7 nitrogen and oxygen atoms in total. The molecule has 0 aliphatic rings. The van der Waals surface area contributed by atoms with E-state index in [9.17, 15) is 14.4 Å². The minimum Gasteiger partial charge on any atom is -0.497 e. The number of hydrogen-bond acceptors (Lipinski definition) is 6. The maximum atomic E-state index is 11.9. The fraction of sp³-hybridized carbons (Fsp3) is 0.353. The molecular formula is C17H21NO6. The van der Waals surface area contributed by atoms with Crippen molar-refractivity contribution in [3.63, 3.8) is 0 Å². The van der Waals surface area contributed by atoms with Gasteiger partial charge in [0.05, 0.1) is 13.7 Å². The highest BCUT2D eigenvalue weighted by molar-refractivity contribution is 5.93. The summed E-state index contributed by atoms with van der Waals surface area (Å²) >= 11 is 0. The van der Waals surface area contributed by atoms with Gasteiger partial charge in [0.1, 0.15) is 5.75 Å². The summed E-state index contributed by atoms with van der Waals surface area (Å²) in [7, 11) is 1.57. The molecular weight excluding hydrogens is 314 g/mol. The van der Waals surface area contributed by atoms with Gasteiger partial charge in [-0.25, -0.2) is 9.59 Å². The SMILES string of the molecule is CCOC(=O)/C=C/C(=O)O[C@H](C)C(=O)NCc1ccc(OC)cc1. The van der Waals surface area contributed by atoms with E-state index in [1.54, 1.807) is 26.2 Å². The van der Waals surface area contributed by atoms with Crippen LogP contribution < -0.4 is 10.1 Å². The lowest BCUT2D eigenvalue weighted by Crippen LogP contribution is -2.35. The number of rotatable bonds is 8. The molecule has 7 heteroatoms. The predicted octanol–water partition coefficient (Wildman–Crippen LogP) is 1.36. The van der Waals surface area contributed by atoms with Crippen molar-refractivity contribution in [3.05, 3.63) is 42.0 Å². The first-order chi connectivity index (χ1) is 11.5. The Morgan fingerprint density at radius 2 is 1.75 bits per heavy atom. The van der Waals surface area contributed by atoms with E-state index >= 15 is 0 Å². The number of carbonyl (C=O) groups is 3. The number of amides is 1. The van der Waals surface area contributed by atoms with Crippen LogP contribution in [-0.4, -0.2) is 37.7 Å². The number of benzene rings is 1. The number of nitrogens with one attached hydrogen (secondary N) is 1. The fourth-order valence-electron chi connectivity index (χ4n) is 1.67. The Morgan fingerprint density at radius 3 is 2.33 bits per heavy atom. The van der Waals surface area contributed by atoms with Crippen LogP contribution in [0.25, 0.3) is 0 Å². The quantitative estimate of drug-likeness (QED) is 0.570. The van der Waals surface area contributed by atoms with Gasteiger partial charge in [-0.1, -0.05) is 12.1 Å². The number of carbonyl (C=O) groups excluding carboxylic acids is 3. The summed E-state index contributed by atoms with van der Waals surface area (Å²) in [5, 5.41) is 2.65. The Kier molecular flexibility index (Phi) is 8.04. The monoisotopic (exact) mass is 335 g/mol. The Labute approximate surface area is 140 Å². The highest BCUT2D eigenvalue weighted by Crippen LogP contribution is 2.11. The van der Waals surface area contributed by atoms with Crippen molar-refractivity contribution in [2.45, 2.75) is 26.5 Å². The molecule has 0 spiro atoms. The van der Waals surface area contributed by atoms with Gasteiger partial charge >= 0.3 is 11.9 Å². The van der Waals surface area contributed by atoms with Gasteiger partial charge in [-0.2, -0.15) is 0 Å². The first-order valence-corrected chi connectivity index (χ1v) is 7.42. The van der Waals surface area contributed by atoms with Crippen LogP contribution in [0.4, 0.5) is 0 Å². The molecule has 0 saturated carbocycles. The minimum atomic E-state index is -0.984. The molecule has 0 heterocycles. The number of methoxy groups -OCH3 is 1. The Balaban J connectivity index is 2.40. The number of esters is 2. The van der Waals surface area contributed by atoms with E-state index in [1.165, 1.54) is 6.92 Å². The summed E-state index contributed by atoms with van der Waals surface area (Å²) in [6.07, 6.45) is 0.890. The maximum absolute atomic E-state index is 11.9. The van der Waals surface area contributed by atoms with E-state index in [1.807, 2.05) is 12.1 Å². The largest absolute Gasteiger partial charge is 0.497 e. The summed E-state index contributed by atoms with van der Waals surface area (Å²) in [6.45, 7) is 3.60. The van der Waals surface area contributed by atoms with Gasteiger partial charge in [0, 0.05) is 18.7 Å². The third-order valence-electron chi connectivity index (χ3n) is 2.93. The van der Waals surface area contributed by atoms with E-state index in [4.69, 9.17) is 9.47 Å². The Hall–Kier alpha value is -2.83. The summed E-state index contributed by atoms with van der Waals surface area (Å²) in [5.41, 5.74) is 0.880. The van der Waals surface area contributed by atoms with Crippen molar-refractivity contribution < 1.29 is 28.6 Å². The van der Waals surface area contributed by atoms with Crippen molar-refractivity contribution in [3.8, 4) is 5.75 Å². The molecule has 1 rings (SSSR count). The van der Waals surface area contributed by atoms with E-state index in [0.717, 1.165) is 23.5 Å². The van der Waals surface area contributed by atoms with Gasteiger partial charge in [-0.3, -0.25) is 4.79 Å². The van der Waals surface area contributed by atoms with Crippen LogP contribution in [0.3, 0.4) is 0 Å². The zero-order valence-corrected chi connectivity index (χ0v) is 13.9. The van der Waals surface area contributed by atoms with Crippen molar-refractivity contribution in [1.82, 2.24) is 5.32 Å². The first-order valence-electron chi connectivity index (χ1n) is 7.42. The molecule has 24 heavy (non-hydrogen) atoms. The van der Waals surface area contributed by atoms with Gasteiger partial charge < -0.3 is 19.5 Å². The molecule has 0 radical (unpaired) electrons. The molecule has 1 aromatic carbocycles. The average Bonchev–Trinajstić information content (AvgIpc) is 2.58. The number of ether oxygens (including phenoxy) is 3. The van der Waals surface area contributed by atoms with Crippen LogP contribution in [0, 0.1) is 0 Å². The van der Waals surface area contributed by atoms with Crippen molar-refractivity contribution in [1.29, 1.82) is 0 Å². The molecule has 130 valence electrons. The molecule has 1 aromatic rings. The Morgan fingerprint density at radius 1 is 1.12 bits per heavy atom. The smallest absolute Gasteiger partial charge is 0.331 e. The lowest BCUT2D eigenvalue weighted by molar-refractivity contribution is -0.150. The second kappa shape index (κ2) is 10.0. The van der Waals surface area contributed by atoms with Crippen molar-refractivity contribution >= 4 is 17.8 Å². The molecule has 0 aliphatic carbocycles. The zero-order chi connectivity index (χ0) is 17.9.